The Kier molecular flexibility index (Phi) is 8.96. The summed E-state index contributed by atoms with van der Waals surface area (Å²) >= 11 is 0. The van der Waals surface area contributed by atoms with E-state index in [-0.39, 0.29) is 53.9 Å². The van der Waals surface area contributed by atoms with Gasteiger partial charge < -0.3 is 14.7 Å². The van der Waals surface area contributed by atoms with Crippen molar-refractivity contribution in [2.75, 3.05) is 19.6 Å². The Morgan fingerprint density at radius 3 is 2.12 bits per heavy atom. The first-order valence-electron chi connectivity index (χ1n) is 20.6. The number of ether oxygens (including phenoxy) is 1. The zero-order chi connectivity index (χ0) is 39.7. The maximum atomic E-state index is 13.4. The van der Waals surface area contributed by atoms with E-state index in [1.54, 1.807) is 18.2 Å². The molecule has 2 saturated heterocycles. The molecule has 3 fully saturated rings. The van der Waals surface area contributed by atoms with E-state index in [2.05, 4.69) is 70.9 Å². The molecule has 3 atom stereocenters. The van der Waals surface area contributed by atoms with Crippen LogP contribution in [-0.2, 0) is 33.9 Å². The summed E-state index contributed by atoms with van der Waals surface area (Å²) in [5.74, 6) is -0.232. The van der Waals surface area contributed by atoms with Crippen LogP contribution in [-0.4, -0.2) is 81.1 Å². The Labute approximate surface area is 337 Å². The lowest BCUT2D eigenvalue weighted by Gasteiger charge is -2.53. The lowest BCUT2D eigenvalue weighted by molar-refractivity contribution is -0.148. The lowest BCUT2D eigenvalue weighted by atomic mass is 9.68. The van der Waals surface area contributed by atoms with Crippen molar-refractivity contribution in [2.45, 2.75) is 88.4 Å². The minimum atomic E-state index is -0.993. The zero-order valence-corrected chi connectivity index (χ0v) is 32.3. The van der Waals surface area contributed by atoms with Crippen molar-refractivity contribution < 1.29 is 33.8 Å². The molecule has 2 N–H and O–H groups in total. The van der Waals surface area contributed by atoms with Gasteiger partial charge in [-0.1, -0.05) is 48.5 Å². The van der Waals surface area contributed by atoms with Crippen LogP contribution in [0.5, 0.6) is 11.5 Å². The van der Waals surface area contributed by atoms with Gasteiger partial charge in [-0.15, -0.1) is 0 Å². The number of amides is 5. The third kappa shape index (κ3) is 6.45. The first-order chi connectivity index (χ1) is 28.1. The number of likely N-dealkylation sites (tertiary alicyclic amines) is 1. The number of rotatable bonds is 7. The summed E-state index contributed by atoms with van der Waals surface area (Å²) in [4.78, 5) is 69.1. The molecule has 5 amide bonds. The van der Waals surface area contributed by atoms with Gasteiger partial charge in [0.2, 0.25) is 17.7 Å². The molecule has 58 heavy (non-hydrogen) atoms. The molecule has 0 radical (unpaired) electrons. The number of hydrogen-bond acceptors (Lipinski definition) is 8. The predicted octanol–water partition coefficient (Wildman–Crippen LogP) is 5.82. The van der Waals surface area contributed by atoms with Gasteiger partial charge in [-0.2, -0.15) is 0 Å². The van der Waals surface area contributed by atoms with Crippen LogP contribution in [0.3, 0.4) is 0 Å². The average Bonchev–Trinajstić information content (AvgIpc) is 3.72. The second kappa shape index (κ2) is 14.2. The first kappa shape index (κ1) is 36.5. The number of imide groups is 2. The minimum Gasteiger partial charge on any atom is -0.508 e. The number of hydrogen-bond donors (Lipinski definition) is 2. The van der Waals surface area contributed by atoms with E-state index in [0.29, 0.717) is 24.8 Å². The highest BCUT2D eigenvalue weighted by atomic mass is 16.5. The summed E-state index contributed by atoms with van der Waals surface area (Å²) in [7, 11) is 0. The number of phenolic OH excluding ortho intramolecular Hbond substituents is 1. The molecule has 1 unspecified atom stereocenters. The number of fused-ring (bicyclic) bond motifs is 3. The van der Waals surface area contributed by atoms with Gasteiger partial charge in [-0.05, 0) is 121 Å². The minimum absolute atomic E-state index is 0.0774. The van der Waals surface area contributed by atoms with Crippen molar-refractivity contribution in [2.24, 2.45) is 5.41 Å². The quantitative estimate of drug-likeness (QED) is 0.224. The predicted molar refractivity (Wildman–Crippen MR) is 213 cm³/mol. The maximum Gasteiger partial charge on any atom is 0.262 e. The topological polar surface area (TPSA) is 137 Å². The van der Waals surface area contributed by atoms with Crippen LogP contribution in [0.2, 0.25) is 0 Å². The third-order valence-electron chi connectivity index (χ3n) is 13.7. The number of nitrogens with one attached hydrogen (secondary N) is 1. The summed E-state index contributed by atoms with van der Waals surface area (Å²) < 4.78 is 6.54. The number of aryl methyl sites for hydroxylation is 1. The molecule has 1 saturated carbocycles. The van der Waals surface area contributed by atoms with Gasteiger partial charge in [0.1, 0.15) is 17.5 Å². The third-order valence-corrected chi connectivity index (χ3v) is 13.7. The fourth-order valence-corrected chi connectivity index (χ4v) is 10.6. The standard InChI is InChI=1S/C47H46N4O7/c52-33-9-13-37-30(20-33)8-12-36(28-4-2-1-3-5-28)43(37)29-6-10-34(11-7-29)58-35-16-18-47(19-17-35)26-50(27-47)42(54)25-49-23-31-21-38-39(22-32(31)24-49)46(57)51(45(38)56)40-14-15-41(53)48-44(40)55/h1-7,9-11,13,20-22,35-36,40,43,52H,8,12,14-19,23-27H2,(H,48,53,55)/t36-,40?,43+/m1/s1. The number of aromatic hydroxyl groups is 1. The Balaban J connectivity index is 0.717. The summed E-state index contributed by atoms with van der Waals surface area (Å²) in [5, 5.41) is 12.4. The SMILES string of the molecule is O=C1CCC(N2C(=O)c3cc4c(cc3C2=O)CN(CC(=O)N2CC3(CCC(Oc5ccc([C@@H]6c7ccc(O)cc7CC[C@@H]6c6ccccc6)cc5)CC3)C2)C4)C(=O)N1. The number of carbonyl (C=O) groups is 5. The lowest BCUT2D eigenvalue weighted by Crippen LogP contribution is -2.61. The molecule has 1 spiro atoms. The molecule has 2 aliphatic carbocycles. The Morgan fingerprint density at radius 1 is 0.759 bits per heavy atom. The molecule has 0 aromatic heterocycles. The fourth-order valence-electron chi connectivity index (χ4n) is 10.6. The van der Waals surface area contributed by atoms with Gasteiger partial charge in [-0.25, -0.2) is 0 Å². The molecule has 10 rings (SSSR count). The van der Waals surface area contributed by atoms with Crippen LogP contribution in [0.25, 0.3) is 0 Å². The monoisotopic (exact) mass is 778 g/mol. The van der Waals surface area contributed by atoms with E-state index >= 15 is 0 Å². The Morgan fingerprint density at radius 2 is 1.45 bits per heavy atom. The number of carbonyl (C=O) groups excluding carboxylic acids is 5. The van der Waals surface area contributed by atoms with Gasteiger partial charge in [0.15, 0.2) is 0 Å². The molecular weight excluding hydrogens is 733 g/mol. The normalized spacial score (nSPS) is 24.0. The zero-order valence-electron chi connectivity index (χ0n) is 32.3. The second-order valence-corrected chi connectivity index (χ2v) is 17.3. The summed E-state index contributed by atoms with van der Waals surface area (Å²) in [5.41, 5.74) is 7.57. The number of piperidine rings is 1. The van der Waals surface area contributed by atoms with E-state index in [9.17, 15) is 29.1 Å². The first-order valence-corrected chi connectivity index (χ1v) is 20.6. The van der Waals surface area contributed by atoms with Gasteiger partial charge in [0.25, 0.3) is 11.8 Å². The summed E-state index contributed by atoms with van der Waals surface area (Å²) in [6.45, 7) is 2.77. The molecule has 4 aliphatic heterocycles. The van der Waals surface area contributed by atoms with Crippen molar-refractivity contribution in [1.82, 2.24) is 20.0 Å². The van der Waals surface area contributed by atoms with Crippen LogP contribution in [0.4, 0.5) is 0 Å². The van der Waals surface area contributed by atoms with E-state index in [0.717, 1.165) is 73.4 Å². The fraction of sp³-hybridized carbons (Fsp3) is 0.383. The van der Waals surface area contributed by atoms with Crippen LogP contribution in [0, 0.1) is 5.41 Å². The largest absolute Gasteiger partial charge is 0.508 e. The molecule has 11 nitrogen and oxygen atoms in total. The Bertz CT molecular complexity index is 2300. The van der Waals surface area contributed by atoms with Crippen molar-refractivity contribution in [1.29, 1.82) is 0 Å². The molecule has 0 bridgehead atoms. The molecule has 4 heterocycles. The van der Waals surface area contributed by atoms with E-state index in [4.69, 9.17) is 4.74 Å². The van der Waals surface area contributed by atoms with E-state index in [1.165, 1.54) is 22.3 Å². The highest BCUT2D eigenvalue weighted by Crippen LogP contribution is 2.48. The van der Waals surface area contributed by atoms with Gasteiger partial charge in [0, 0.05) is 43.9 Å². The number of benzene rings is 4. The van der Waals surface area contributed by atoms with Crippen molar-refractivity contribution >= 4 is 29.5 Å². The van der Waals surface area contributed by atoms with Crippen molar-refractivity contribution in [3.8, 4) is 11.5 Å². The summed E-state index contributed by atoms with van der Waals surface area (Å²) in [6, 6.07) is 27.7. The molecule has 4 aromatic rings. The highest BCUT2D eigenvalue weighted by molar-refractivity contribution is 6.23. The second-order valence-electron chi connectivity index (χ2n) is 17.3. The van der Waals surface area contributed by atoms with Crippen LogP contribution < -0.4 is 10.1 Å². The molecular formula is C47H46N4O7. The highest BCUT2D eigenvalue weighted by Gasteiger charge is 2.48. The number of nitrogens with zero attached hydrogens (tertiary/aromatic N) is 3. The number of phenols is 1. The van der Waals surface area contributed by atoms with Crippen LogP contribution in [0.1, 0.15) is 111 Å². The van der Waals surface area contributed by atoms with E-state index in [1.807, 2.05) is 11.0 Å². The van der Waals surface area contributed by atoms with Gasteiger partial charge >= 0.3 is 0 Å². The molecule has 11 heteroatoms. The Hall–Kier alpha value is -5.81. The van der Waals surface area contributed by atoms with Gasteiger partial charge in [0.05, 0.1) is 23.8 Å². The molecule has 6 aliphatic rings. The average molecular weight is 779 g/mol. The van der Waals surface area contributed by atoms with Gasteiger partial charge in [-0.3, -0.25) is 39.1 Å². The van der Waals surface area contributed by atoms with Crippen LogP contribution >= 0.6 is 0 Å². The summed E-state index contributed by atoms with van der Waals surface area (Å²) in [6.07, 6.45) is 6.22. The maximum absolute atomic E-state index is 13.4. The molecule has 296 valence electrons. The smallest absolute Gasteiger partial charge is 0.262 e. The van der Waals surface area contributed by atoms with Crippen molar-refractivity contribution in [3.05, 3.63) is 129 Å². The molecule has 4 aromatic carbocycles. The van der Waals surface area contributed by atoms with Crippen molar-refractivity contribution in [3.63, 3.8) is 0 Å². The van der Waals surface area contributed by atoms with Crippen LogP contribution in [0.15, 0.2) is 84.9 Å². The van der Waals surface area contributed by atoms with E-state index < -0.39 is 29.7 Å².